The Bertz CT molecular complexity index is 508. The third-order valence-corrected chi connectivity index (χ3v) is 2.06. The molecule has 17 heavy (non-hydrogen) atoms. The van der Waals surface area contributed by atoms with Crippen molar-refractivity contribution in [2.75, 3.05) is 13.6 Å². The van der Waals surface area contributed by atoms with Crippen LogP contribution >= 0.6 is 0 Å². The van der Waals surface area contributed by atoms with Gasteiger partial charge in [0.2, 0.25) is 5.82 Å². The van der Waals surface area contributed by atoms with Crippen LogP contribution in [0.5, 0.6) is 0 Å². The third kappa shape index (κ3) is 2.78. The Kier molecular flexibility index (Phi) is 3.78. The van der Waals surface area contributed by atoms with E-state index in [1.165, 1.54) is 18.0 Å². The molecule has 0 aliphatic carbocycles. The summed E-state index contributed by atoms with van der Waals surface area (Å²) in [7, 11) is 1.46. The number of nitro benzene ring substituents is 1. The lowest BCUT2D eigenvalue weighted by atomic mass is 10.1. The number of carbonyl (C=O) groups is 1. The molecule has 0 unspecified atom stereocenters. The SMILES string of the molecule is C#CCN(C)C(=O)c1ccc(F)c([N+](=O)[O-])c1. The zero-order chi connectivity index (χ0) is 13.0. The molecule has 0 saturated carbocycles. The summed E-state index contributed by atoms with van der Waals surface area (Å²) in [4.78, 5) is 22.5. The lowest BCUT2D eigenvalue weighted by Crippen LogP contribution is -2.27. The van der Waals surface area contributed by atoms with Crippen molar-refractivity contribution < 1.29 is 14.1 Å². The molecule has 1 aromatic carbocycles. The number of nitrogens with zero attached hydrogens (tertiary/aromatic N) is 2. The molecule has 0 atom stereocenters. The molecule has 0 fully saturated rings. The Balaban J connectivity index is 3.08. The van der Waals surface area contributed by atoms with Gasteiger partial charge in [-0.1, -0.05) is 5.92 Å². The fraction of sp³-hybridized carbons (Fsp3) is 0.182. The van der Waals surface area contributed by atoms with E-state index in [0.717, 1.165) is 12.1 Å². The van der Waals surface area contributed by atoms with E-state index in [9.17, 15) is 19.3 Å². The van der Waals surface area contributed by atoms with Gasteiger partial charge < -0.3 is 4.90 Å². The molecule has 0 aromatic heterocycles. The van der Waals surface area contributed by atoms with E-state index in [2.05, 4.69) is 5.92 Å². The van der Waals surface area contributed by atoms with E-state index in [1.807, 2.05) is 0 Å². The molecule has 6 heteroatoms. The number of rotatable bonds is 3. The van der Waals surface area contributed by atoms with Gasteiger partial charge in [0.15, 0.2) is 0 Å². The molecule has 1 rings (SSSR count). The van der Waals surface area contributed by atoms with Gasteiger partial charge in [-0.2, -0.15) is 4.39 Å². The largest absolute Gasteiger partial charge is 0.331 e. The van der Waals surface area contributed by atoms with E-state index in [1.54, 1.807) is 0 Å². The minimum absolute atomic E-state index is 0.0239. The molecule has 0 aliphatic rings. The van der Waals surface area contributed by atoms with Crippen molar-refractivity contribution in [3.8, 4) is 12.3 Å². The van der Waals surface area contributed by atoms with Crippen LogP contribution in [0.3, 0.4) is 0 Å². The van der Waals surface area contributed by atoms with Crippen molar-refractivity contribution in [1.82, 2.24) is 4.90 Å². The Morgan fingerprint density at radius 1 is 1.65 bits per heavy atom. The van der Waals surface area contributed by atoms with Gasteiger partial charge in [-0.25, -0.2) is 0 Å². The first-order chi connectivity index (χ1) is 7.97. The van der Waals surface area contributed by atoms with Crippen LogP contribution in [0, 0.1) is 28.3 Å². The maximum atomic E-state index is 13.0. The second kappa shape index (κ2) is 5.07. The summed E-state index contributed by atoms with van der Waals surface area (Å²) in [6.45, 7) is 0.0734. The fourth-order valence-corrected chi connectivity index (χ4v) is 1.21. The van der Waals surface area contributed by atoms with E-state index in [4.69, 9.17) is 6.42 Å². The summed E-state index contributed by atoms with van der Waals surface area (Å²) in [6, 6.07) is 2.96. The summed E-state index contributed by atoms with van der Waals surface area (Å²) in [5, 5.41) is 10.5. The number of amides is 1. The molecule has 1 amide bonds. The molecule has 0 bridgehead atoms. The van der Waals surface area contributed by atoms with Gasteiger partial charge in [-0.3, -0.25) is 14.9 Å². The molecule has 0 N–H and O–H groups in total. The van der Waals surface area contributed by atoms with Crippen molar-refractivity contribution >= 4 is 11.6 Å². The van der Waals surface area contributed by atoms with Crippen molar-refractivity contribution in [1.29, 1.82) is 0 Å². The van der Waals surface area contributed by atoms with Crippen molar-refractivity contribution in [3.05, 3.63) is 39.7 Å². The van der Waals surface area contributed by atoms with Gasteiger partial charge in [0, 0.05) is 18.7 Å². The maximum absolute atomic E-state index is 13.0. The average Bonchev–Trinajstić information content (AvgIpc) is 2.28. The lowest BCUT2D eigenvalue weighted by Gasteiger charge is -2.13. The number of benzene rings is 1. The van der Waals surface area contributed by atoms with Crippen LogP contribution < -0.4 is 0 Å². The van der Waals surface area contributed by atoms with E-state index in [0.29, 0.717) is 0 Å². The number of hydrogen-bond donors (Lipinski definition) is 0. The zero-order valence-electron chi connectivity index (χ0n) is 9.01. The smallest absolute Gasteiger partial charge is 0.305 e. The molecule has 1 aromatic rings. The molecule has 0 heterocycles. The van der Waals surface area contributed by atoms with E-state index in [-0.39, 0.29) is 12.1 Å². The van der Waals surface area contributed by atoms with Gasteiger partial charge in [-0.05, 0) is 12.1 Å². The van der Waals surface area contributed by atoms with Gasteiger partial charge >= 0.3 is 5.69 Å². The van der Waals surface area contributed by atoms with Crippen molar-refractivity contribution in [3.63, 3.8) is 0 Å². The Labute approximate surface area is 97.0 Å². The third-order valence-electron chi connectivity index (χ3n) is 2.06. The summed E-state index contributed by atoms with van der Waals surface area (Å²) in [5.74, 6) is 0.789. The van der Waals surface area contributed by atoms with Gasteiger partial charge in [0.05, 0.1) is 11.5 Å². The van der Waals surface area contributed by atoms with E-state index >= 15 is 0 Å². The van der Waals surface area contributed by atoms with Crippen molar-refractivity contribution in [2.24, 2.45) is 0 Å². The first-order valence-electron chi connectivity index (χ1n) is 4.60. The Morgan fingerprint density at radius 2 is 2.29 bits per heavy atom. The predicted molar refractivity (Wildman–Crippen MR) is 58.8 cm³/mol. The number of carbonyl (C=O) groups excluding carboxylic acids is 1. The number of halogens is 1. The summed E-state index contributed by atoms with van der Waals surface area (Å²) >= 11 is 0. The number of terminal acetylenes is 1. The van der Waals surface area contributed by atoms with Crippen LogP contribution in [0.2, 0.25) is 0 Å². The zero-order valence-corrected chi connectivity index (χ0v) is 9.01. The summed E-state index contributed by atoms with van der Waals surface area (Å²) in [5.41, 5.74) is -0.708. The van der Waals surface area contributed by atoms with Crippen LogP contribution in [0.4, 0.5) is 10.1 Å². The average molecular weight is 236 g/mol. The fourth-order valence-electron chi connectivity index (χ4n) is 1.21. The Morgan fingerprint density at radius 3 is 2.82 bits per heavy atom. The second-order valence-corrected chi connectivity index (χ2v) is 3.29. The number of hydrogen-bond acceptors (Lipinski definition) is 3. The number of nitro groups is 1. The van der Waals surface area contributed by atoms with Crippen LogP contribution in [-0.4, -0.2) is 29.3 Å². The highest BCUT2D eigenvalue weighted by Gasteiger charge is 2.19. The minimum atomic E-state index is -0.980. The second-order valence-electron chi connectivity index (χ2n) is 3.29. The van der Waals surface area contributed by atoms with Gasteiger partial charge in [0.25, 0.3) is 5.91 Å². The maximum Gasteiger partial charge on any atom is 0.305 e. The highest BCUT2D eigenvalue weighted by molar-refractivity contribution is 5.94. The lowest BCUT2D eigenvalue weighted by molar-refractivity contribution is -0.387. The van der Waals surface area contributed by atoms with Crippen molar-refractivity contribution in [2.45, 2.75) is 0 Å². The van der Waals surface area contributed by atoms with Gasteiger partial charge in [0.1, 0.15) is 0 Å². The minimum Gasteiger partial charge on any atom is -0.331 e. The molecule has 0 spiro atoms. The van der Waals surface area contributed by atoms with Crippen LogP contribution in [0.1, 0.15) is 10.4 Å². The van der Waals surface area contributed by atoms with Crippen LogP contribution in [0.15, 0.2) is 18.2 Å². The van der Waals surface area contributed by atoms with Crippen LogP contribution in [0.25, 0.3) is 0 Å². The molecule has 0 aliphatic heterocycles. The summed E-state index contributed by atoms with van der Waals surface area (Å²) in [6.07, 6.45) is 5.04. The molecule has 88 valence electrons. The Hall–Kier alpha value is -2.42. The predicted octanol–water partition coefficient (Wildman–Crippen LogP) is 1.44. The highest BCUT2D eigenvalue weighted by Crippen LogP contribution is 2.19. The molecule has 5 nitrogen and oxygen atoms in total. The normalized spacial score (nSPS) is 9.47. The monoisotopic (exact) mass is 236 g/mol. The summed E-state index contributed by atoms with van der Waals surface area (Å²) < 4.78 is 13.0. The quantitative estimate of drug-likeness (QED) is 0.453. The standard InChI is InChI=1S/C11H9FN2O3/c1-3-6-13(2)11(15)8-4-5-9(12)10(7-8)14(16)17/h1,4-5,7H,6H2,2H3. The first kappa shape index (κ1) is 12.6. The molecule has 0 radical (unpaired) electrons. The topological polar surface area (TPSA) is 63.5 Å². The van der Waals surface area contributed by atoms with Gasteiger partial charge in [-0.15, -0.1) is 6.42 Å². The van der Waals surface area contributed by atoms with Crippen LogP contribution in [-0.2, 0) is 0 Å². The highest BCUT2D eigenvalue weighted by atomic mass is 19.1. The molecular weight excluding hydrogens is 227 g/mol. The van der Waals surface area contributed by atoms with E-state index < -0.39 is 22.3 Å². The first-order valence-corrected chi connectivity index (χ1v) is 4.60. The molecular formula is C11H9FN2O3. The molecule has 0 saturated heterocycles.